The van der Waals surface area contributed by atoms with Gasteiger partial charge in [-0.3, -0.25) is 9.69 Å². The molecule has 0 bridgehead atoms. The molecule has 2 fully saturated rings. The largest absolute Gasteiger partial charge is 0.352 e. The van der Waals surface area contributed by atoms with Gasteiger partial charge in [0, 0.05) is 32.1 Å². The number of amides is 1. The van der Waals surface area contributed by atoms with Crippen LogP contribution in [0.5, 0.6) is 0 Å². The Hall–Kier alpha value is -2.22. The van der Waals surface area contributed by atoms with Gasteiger partial charge < -0.3 is 5.32 Å². The Balaban J connectivity index is 1.27. The number of benzene rings is 2. The second kappa shape index (κ2) is 11.5. The van der Waals surface area contributed by atoms with E-state index in [1.807, 2.05) is 37.3 Å². The summed E-state index contributed by atoms with van der Waals surface area (Å²) in [5.74, 6) is -0.0949. The number of aryl methyl sites for hydroxylation is 1. The number of hydrogen-bond acceptors (Lipinski definition) is 4. The van der Waals surface area contributed by atoms with Crippen molar-refractivity contribution in [1.82, 2.24) is 14.5 Å². The average Bonchev–Trinajstić information content (AvgIpc) is 2.84. The Bertz CT molecular complexity index is 1070. The summed E-state index contributed by atoms with van der Waals surface area (Å²) in [6, 6.07) is 16.0. The number of nitrogens with one attached hydrogen (secondary N) is 1. The summed E-state index contributed by atoms with van der Waals surface area (Å²) in [6.45, 7) is 6.51. The molecule has 0 aromatic heterocycles. The zero-order valence-electron chi connectivity index (χ0n) is 20.2. The number of hydrogen-bond donors (Lipinski definition) is 1. The normalized spacial score (nSPS) is 18.6. The lowest BCUT2D eigenvalue weighted by atomic mass is 9.97. The van der Waals surface area contributed by atoms with Gasteiger partial charge in [0.15, 0.2) is 0 Å². The fraction of sp³-hybridized carbons (Fsp3) is 0.519. The van der Waals surface area contributed by atoms with Crippen LogP contribution in [0.25, 0.3) is 0 Å². The molecule has 2 aliphatic heterocycles. The van der Waals surface area contributed by atoms with Crippen LogP contribution in [0.3, 0.4) is 0 Å². The van der Waals surface area contributed by atoms with Gasteiger partial charge in [-0.1, -0.05) is 60.5 Å². The van der Waals surface area contributed by atoms with E-state index in [1.54, 1.807) is 4.31 Å². The quantitative estimate of drug-likeness (QED) is 0.619. The van der Waals surface area contributed by atoms with Crippen LogP contribution in [0.4, 0.5) is 0 Å². The van der Waals surface area contributed by atoms with E-state index in [0.717, 1.165) is 30.8 Å². The maximum absolute atomic E-state index is 12.9. The van der Waals surface area contributed by atoms with Gasteiger partial charge in [0.2, 0.25) is 15.9 Å². The molecule has 1 N–H and O–H groups in total. The summed E-state index contributed by atoms with van der Waals surface area (Å²) >= 11 is 0. The summed E-state index contributed by atoms with van der Waals surface area (Å²) in [4.78, 5) is 15.4. The average molecular weight is 484 g/mol. The third-order valence-electron chi connectivity index (χ3n) is 7.06. The topological polar surface area (TPSA) is 69.7 Å². The molecule has 0 radical (unpaired) electrons. The zero-order valence-corrected chi connectivity index (χ0v) is 21.0. The minimum atomic E-state index is -3.38. The molecule has 0 saturated carbocycles. The molecule has 34 heavy (non-hydrogen) atoms. The molecule has 2 saturated heterocycles. The maximum Gasteiger partial charge on any atom is 0.223 e. The summed E-state index contributed by atoms with van der Waals surface area (Å²) in [6.07, 6.45) is 4.97. The van der Waals surface area contributed by atoms with Gasteiger partial charge in [0.1, 0.15) is 0 Å². The van der Waals surface area contributed by atoms with Crippen LogP contribution >= 0.6 is 0 Å². The van der Waals surface area contributed by atoms with E-state index >= 15 is 0 Å². The highest BCUT2D eigenvalue weighted by Gasteiger charge is 2.31. The first kappa shape index (κ1) is 24.9. The lowest BCUT2D eigenvalue weighted by Gasteiger charge is -2.31. The van der Waals surface area contributed by atoms with Crippen molar-refractivity contribution in [2.45, 2.75) is 57.9 Å². The molecule has 7 heteroatoms. The van der Waals surface area contributed by atoms with Gasteiger partial charge in [-0.05, 0) is 62.4 Å². The van der Waals surface area contributed by atoms with E-state index < -0.39 is 10.0 Å². The van der Waals surface area contributed by atoms with Gasteiger partial charge >= 0.3 is 0 Å². The van der Waals surface area contributed by atoms with Crippen LogP contribution in [-0.2, 0) is 33.7 Å². The van der Waals surface area contributed by atoms with Crippen molar-refractivity contribution in [3.8, 4) is 0 Å². The smallest absolute Gasteiger partial charge is 0.223 e. The number of sulfonamides is 1. The number of piperidine rings is 2. The fourth-order valence-electron chi connectivity index (χ4n) is 5.07. The van der Waals surface area contributed by atoms with Crippen LogP contribution in [0.15, 0.2) is 48.5 Å². The van der Waals surface area contributed by atoms with E-state index in [9.17, 15) is 13.2 Å². The van der Waals surface area contributed by atoms with Crippen LogP contribution < -0.4 is 5.32 Å². The standard InChI is InChI=1S/C27H37N3O3S/c1-22-8-7-9-23(18-22)21-34(32,33)30-16-12-24(13-17-30)27(31)28-19-25-10-3-4-11-26(25)20-29-14-5-2-6-15-29/h3-4,7-11,18,24H,2,5-6,12-17,19-21H2,1H3,(H,28,31). The molecule has 184 valence electrons. The predicted octanol–water partition coefficient (Wildman–Crippen LogP) is 3.84. The zero-order chi connectivity index (χ0) is 24.0. The van der Waals surface area contributed by atoms with Gasteiger partial charge in [-0.15, -0.1) is 0 Å². The SMILES string of the molecule is Cc1cccc(CS(=O)(=O)N2CCC(C(=O)NCc3ccccc3CN3CCCCC3)CC2)c1. The first-order valence-corrected chi connectivity index (χ1v) is 14.1. The molecule has 0 aliphatic carbocycles. The van der Waals surface area contributed by atoms with Crippen molar-refractivity contribution in [3.63, 3.8) is 0 Å². The van der Waals surface area contributed by atoms with Crippen LogP contribution in [-0.4, -0.2) is 49.7 Å². The molecule has 1 amide bonds. The first-order chi connectivity index (χ1) is 16.4. The van der Waals surface area contributed by atoms with Crippen LogP contribution in [0.2, 0.25) is 0 Å². The molecular formula is C27H37N3O3S. The van der Waals surface area contributed by atoms with Crippen molar-refractivity contribution in [3.05, 3.63) is 70.8 Å². The van der Waals surface area contributed by atoms with Gasteiger partial charge in [0.05, 0.1) is 5.75 Å². The molecule has 2 aromatic carbocycles. The second-order valence-corrected chi connectivity index (χ2v) is 11.7. The summed E-state index contributed by atoms with van der Waals surface area (Å²) in [5, 5.41) is 3.12. The van der Waals surface area contributed by atoms with E-state index in [1.165, 1.54) is 30.4 Å². The lowest BCUT2D eigenvalue weighted by Crippen LogP contribution is -2.43. The number of likely N-dealkylation sites (tertiary alicyclic amines) is 1. The van der Waals surface area contributed by atoms with Crippen molar-refractivity contribution >= 4 is 15.9 Å². The third kappa shape index (κ3) is 6.68. The van der Waals surface area contributed by atoms with Crippen LogP contribution in [0, 0.1) is 12.8 Å². The monoisotopic (exact) mass is 483 g/mol. The van der Waals surface area contributed by atoms with Gasteiger partial charge in [-0.25, -0.2) is 12.7 Å². The van der Waals surface area contributed by atoms with Crippen molar-refractivity contribution in [2.24, 2.45) is 5.92 Å². The van der Waals surface area contributed by atoms with E-state index in [-0.39, 0.29) is 17.6 Å². The second-order valence-electron chi connectivity index (χ2n) is 9.74. The Morgan fingerprint density at radius 1 is 0.941 bits per heavy atom. The third-order valence-corrected chi connectivity index (χ3v) is 8.91. The summed E-state index contributed by atoms with van der Waals surface area (Å²) in [7, 11) is -3.38. The molecule has 0 atom stereocenters. The van der Waals surface area contributed by atoms with Crippen molar-refractivity contribution in [1.29, 1.82) is 0 Å². The Morgan fingerprint density at radius 2 is 1.65 bits per heavy atom. The molecule has 4 rings (SSSR count). The number of carbonyl (C=O) groups excluding carboxylic acids is 1. The van der Waals surface area contributed by atoms with Crippen molar-refractivity contribution in [2.75, 3.05) is 26.2 Å². The Morgan fingerprint density at radius 3 is 2.35 bits per heavy atom. The summed E-state index contributed by atoms with van der Waals surface area (Å²) in [5.41, 5.74) is 4.31. The number of nitrogens with zero attached hydrogens (tertiary/aromatic N) is 2. The molecule has 6 nitrogen and oxygen atoms in total. The minimum Gasteiger partial charge on any atom is -0.352 e. The number of rotatable bonds is 8. The minimum absolute atomic E-state index is 0.0132. The predicted molar refractivity (Wildman–Crippen MR) is 136 cm³/mol. The van der Waals surface area contributed by atoms with E-state index in [2.05, 4.69) is 28.4 Å². The molecule has 2 heterocycles. The summed E-state index contributed by atoms with van der Waals surface area (Å²) < 4.78 is 27.3. The molecule has 0 spiro atoms. The van der Waals surface area contributed by atoms with Crippen LogP contribution in [0.1, 0.15) is 54.4 Å². The van der Waals surface area contributed by atoms with Gasteiger partial charge in [-0.2, -0.15) is 0 Å². The molecular weight excluding hydrogens is 446 g/mol. The van der Waals surface area contributed by atoms with Crippen molar-refractivity contribution < 1.29 is 13.2 Å². The Kier molecular flexibility index (Phi) is 8.40. The van der Waals surface area contributed by atoms with Gasteiger partial charge in [0.25, 0.3) is 0 Å². The molecule has 2 aromatic rings. The highest BCUT2D eigenvalue weighted by Crippen LogP contribution is 2.23. The first-order valence-electron chi connectivity index (χ1n) is 12.5. The highest BCUT2D eigenvalue weighted by atomic mass is 32.2. The molecule has 0 unspecified atom stereocenters. The Labute approximate surface area is 204 Å². The fourth-order valence-corrected chi connectivity index (χ4v) is 6.62. The molecule has 2 aliphatic rings. The highest BCUT2D eigenvalue weighted by molar-refractivity contribution is 7.88. The maximum atomic E-state index is 12.9. The van der Waals surface area contributed by atoms with E-state index in [0.29, 0.717) is 32.5 Å². The number of carbonyl (C=O) groups is 1. The lowest BCUT2D eigenvalue weighted by molar-refractivity contribution is -0.126. The van der Waals surface area contributed by atoms with E-state index in [4.69, 9.17) is 0 Å².